The van der Waals surface area contributed by atoms with Crippen LogP contribution < -0.4 is 4.90 Å². The summed E-state index contributed by atoms with van der Waals surface area (Å²) in [6, 6.07) is 12.0. The van der Waals surface area contributed by atoms with Gasteiger partial charge in [0.05, 0.1) is 0 Å². The van der Waals surface area contributed by atoms with Gasteiger partial charge in [-0.2, -0.15) is 0 Å². The van der Waals surface area contributed by atoms with Crippen LogP contribution in [0.15, 0.2) is 36.4 Å². The number of aryl methyl sites for hydroxylation is 1. The summed E-state index contributed by atoms with van der Waals surface area (Å²) in [5, 5.41) is 11.7. The highest BCUT2D eigenvalue weighted by Gasteiger charge is 2.32. The number of nitrogens with zero attached hydrogens (tertiary/aromatic N) is 1. The van der Waals surface area contributed by atoms with Crippen molar-refractivity contribution in [2.24, 2.45) is 0 Å². The Morgan fingerprint density at radius 3 is 2.84 bits per heavy atom. The van der Waals surface area contributed by atoms with Crippen molar-refractivity contribution in [2.75, 3.05) is 11.4 Å². The molecule has 1 fully saturated rings. The largest absolute Gasteiger partial charge is 0.480 e. The molecule has 1 saturated heterocycles. The van der Waals surface area contributed by atoms with E-state index in [0.717, 1.165) is 36.0 Å². The smallest absolute Gasteiger partial charge is 0.326 e. The zero-order valence-corrected chi connectivity index (χ0v) is 11.0. The molecule has 1 N–H and O–H groups in total. The maximum atomic E-state index is 11.4. The second kappa shape index (κ2) is 4.57. The average Bonchev–Trinajstić information content (AvgIpc) is 2.87. The monoisotopic (exact) mass is 255 g/mol. The Hall–Kier alpha value is -2.03. The van der Waals surface area contributed by atoms with Gasteiger partial charge in [-0.25, -0.2) is 4.79 Å². The van der Waals surface area contributed by atoms with Crippen LogP contribution in [0.5, 0.6) is 0 Å². The molecule has 1 aliphatic heterocycles. The molecule has 2 aromatic rings. The van der Waals surface area contributed by atoms with Crippen LogP contribution >= 0.6 is 0 Å². The molecule has 1 aliphatic rings. The Kier molecular flexibility index (Phi) is 2.90. The van der Waals surface area contributed by atoms with Gasteiger partial charge in [0.25, 0.3) is 0 Å². The summed E-state index contributed by atoms with van der Waals surface area (Å²) in [5.74, 6) is -0.718. The number of carbonyl (C=O) groups is 1. The van der Waals surface area contributed by atoms with Crippen LogP contribution in [-0.2, 0) is 4.79 Å². The number of hydrogen-bond acceptors (Lipinski definition) is 2. The molecule has 0 unspecified atom stereocenters. The second-order valence-electron chi connectivity index (χ2n) is 5.14. The zero-order chi connectivity index (χ0) is 13.4. The summed E-state index contributed by atoms with van der Waals surface area (Å²) in [6.45, 7) is 2.88. The van der Waals surface area contributed by atoms with E-state index in [9.17, 15) is 9.90 Å². The number of hydrogen-bond donors (Lipinski definition) is 1. The minimum Gasteiger partial charge on any atom is -0.480 e. The standard InChI is InChI=1S/C16H17NO2/c1-11-8-9-12-5-2-3-6-13(12)15(11)17-10-4-7-14(17)16(18)19/h2-3,5-6,8-9,14H,4,7,10H2,1H3,(H,18,19)/t14-/m1/s1. The van der Waals surface area contributed by atoms with Crippen molar-refractivity contribution in [3.05, 3.63) is 42.0 Å². The molecule has 98 valence electrons. The van der Waals surface area contributed by atoms with E-state index in [4.69, 9.17) is 0 Å². The molecule has 0 spiro atoms. The highest BCUT2D eigenvalue weighted by molar-refractivity contribution is 5.97. The van der Waals surface area contributed by atoms with Gasteiger partial charge in [0.2, 0.25) is 0 Å². The summed E-state index contributed by atoms with van der Waals surface area (Å²) >= 11 is 0. The number of rotatable bonds is 2. The van der Waals surface area contributed by atoms with Crippen LogP contribution in [0.2, 0.25) is 0 Å². The summed E-state index contributed by atoms with van der Waals surface area (Å²) in [5.41, 5.74) is 2.23. The van der Waals surface area contributed by atoms with Crippen LogP contribution in [0.1, 0.15) is 18.4 Å². The maximum absolute atomic E-state index is 11.4. The first-order valence-corrected chi connectivity index (χ1v) is 6.66. The van der Waals surface area contributed by atoms with Crippen molar-refractivity contribution < 1.29 is 9.90 Å². The van der Waals surface area contributed by atoms with Gasteiger partial charge in [-0.05, 0) is 30.7 Å². The molecule has 3 heteroatoms. The van der Waals surface area contributed by atoms with Gasteiger partial charge in [-0.1, -0.05) is 36.4 Å². The number of anilines is 1. The van der Waals surface area contributed by atoms with E-state index in [0.29, 0.717) is 0 Å². The third kappa shape index (κ3) is 1.95. The van der Waals surface area contributed by atoms with Gasteiger partial charge in [0.15, 0.2) is 0 Å². The van der Waals surface area contributed by atoms with E-state index in [1.807, 2.05) is 12.1 Å². The lowest BCUT2D eigenvalue weighted by Gasteiger charge is -2.27. The van der Waals surface area contributed by atoms with E-state index in [1.165, 1.54) is 5.39 Å². The van der Waals surface area contributed by atoms with Crippen LogP contribution in [0, 0.1) is 6.92 Å². The third-order valence-corrected chi connectivity index (χ3v) is 3.93. The van der Waals surface area contributed by atoms with Crippen LogP contribution in [0.3, 0.4) is 0 Å². The predicted octanol–water partition coefficient (Wildman–Crippen LogP) is 3.20. The SMILES string of the molecule is Cc1ccc2ccccc2c1N1CCC[C@@H]1C(=O)O. The summed E-state index contributed by atoms with van der Waals surface area (Å²) in [7, 11) is 0. The van der Waals surface area contributed by atoms with Gasteiger partial charge >= 0.3 is 5.97 Å². The fraction of sp³-hybridized carbons (Fsp3) is 0.312. The lowest BCUT2D eigenvalue weighted by Crippen LogP contribution is -2.36. The summed E-state index contributed by atoms with van der Waals surface area (Å²) < 4.78 is 0. The van der Waals surface area contributed by atoms with Crippen molar-refractivity contribution in [3.8, 4) is 0 Å². The van der Waals surface area contributed by atoms with Crippen LogP contribution in [0.4, 0.5) is 5.69 Å². The summed E-state index contributed by atoms with van der Waals surface area (Å²) in [4.78, 5) is 13.4. The molecule has 0 aliphatic carbocycles. The van der Waals surface area contributed by atoms with Crippen molar-refractivity contribution in [1.29, 1.82) is 0 Å². The molecule has 0 amide bonds. The first-order valence-electron chi connectivity index (χ1n) is 6.66. The molecule has 3 rings (SSSR count). The predicted molar refractivity (Wildman–Crippen MR) is 76.7 cm³/mol. The molecule has 0 saturated carbocycles. The molecular formula is C16H17NO2. The zero-order valence-electron chi connectivity index (χ0n) is 11.0. The van der Waals surface area contributed by atoms with Crippen LogP contribution in [0.25, 0.3) is 10.8 Å². The molecule has 1 heterocycles. The summed E-state index contributed by atoms with van der Waals surface area (Å²) in [6.07, 6.45) is 1.68. The molecule has 0 bridgehead atoms. The minimum absolute atomic E-state index is 0.385. The molecule has 3 nitrogen and oxygen atoms in total. The van der Waals surface area contributed by atoms with Gasteiger partial charge < -0.3 is 10.0 Å². The van der Waals surface area contributed by atoms with Crippen molar-refractivity contribution in [3.63, 3.8) is 0 Å². The number of carboxylic acid groups (broad SMARTS) is 1. The van der Waals surface area contributed by atoms with Gasteiger partial charge in [-0.3, -0.25) is 0 Å². The average molecular weight is 255 g/mol. The third-order valence-electron chi connectivity index (χ3n) is 3.93. The van der Waals surface area contributed by atoms with E-state index in [2.05, 4.69) is 36.1 Å². The highest BCUT2D eigenvalue weighted by Crippen LogP contribution is 2.35. The Bertz CT molecular complexity index is 636. The lowest BCUT2D eigenvalue weighted by molar-refractivity contribution is -0.138. The molecule has 2 aromatic carbocycles. The van der Waals surface area contributed by atoms with Gasteiger partial charge in [0, 0.05) is 17.6 Å². The minimum atomic E-state index is -0.718. The number of benzene rings is 2. The molecule has 19 heavy (non-hydrogen) atoms. The van der Waals surface area contributed by atoms with Crippen LogP contribution in [-0.4, -0.2) is 23.7 Å². The second-order valence-corrected chi connectivity index (χ2v) is 5.14. The van der Waals surface area contributed by atoms with E-state index < -0.39 is 5.97 Å². The normalized spacial score (nSPS) is 19.0. The Morgan fingerprint density at radius 1 is 1.26 bits per heavy atom. The van der Waals surface area contributed by atoms with Gasteiger partial charge in [-0.15, -0.1) is 0 Å². The van der Waals surface area contributed by atoms with Crippen molar-refractivity contribution in [2.45, 2.75) is 25.8 Å². The van der Waals surface area contributed by atoms with E-state index in [1.54, 1.807) is 0 Å². The topological polar surface area (TPSA) is 40.5 Å². The van der Waals surface area contributed by atoms with Crippen molar-refractivity contribution >= 4 is 22.4 Å². The highest BCUT2D eigenvalue weighted by atomic mass is 16.4. The van der Waals surface area contributed by atoms with Crippen molar-refractivity contribution in [1.82, 2.24) is 0 Å². The fourth-order valence-corrected chi connectivity index (χ4v) is 3.04. The molecule has 0 radical (unpaired) electrons. The first kappa shape index (κ1) is 12.0. The number of carboxylic acids is 1. The molecular weight excluding hydrogens is 238 g/mol. The Balaban J connectivity index is 2.18. The van der Waals surface area contributed by atoms with Gasteiger partial charge in [0.1, 0.15) is 6.04 Å². The van der Waals surface area contributed by atoms with E-state index >= 15 is 0 Å². The van der Waals surface area contributed by atoms with E-state index in [-0.39, 0.29) is 6.04 Å². The molecule has 1 atom stereocenters. The maximum Gasteiger partial charge on any atom is 0.326 e. The fourth-order valence-electron chi connectivity index (χ4n) is 3.04. The first-order chi connectivity index (χ1) is 9.18. The Morgan fingerprint density at radius 2 is 2.05 bits per heavy atom. The number of fused-ring (bicyclic) bond motifs is 1. The Labute approximate surface area is 112 Å². The lowest BCUT2D eigenvalue weighted by atomic mass is 10.0. The molecule has 0 aromatic heterocycles. The quantitative estimate of drug-likeness (QED) is 0.895. The number of aliphatic carboxylic acids is 1.